The van der Waals surface area contributed by atoms with Crippen LogP contribution in [0.4, 0.5) is 5.13 Å². The lowest BCUT2D eigenvalue weighted by Crippen LogP contribution is -2.43. The molecule has 3 aromatic rings. The van der Waals surface area contributed by atoms with E-state index in [1.54, 1.807) is 4.90 Å². The van der Waals surface area contributed by atoms with E-state index in [-0.39, 0.29) is 5.91 Å². The lowest BCUT2D eigenvalue weighted by molar-refractivity contribution is 0.0391. The number of carbonyl (C=O) groups is 1. The minimum atomic E-state index is -0.0285. The summed E-state index contributed by atoms with van der Waals surface area (Å²) in [6, 6.07) is 9.73. The number of hydrogen-bond acceptors (Lipinski definition) is 5. The lowest BCUT2D eigenvalue weighted by atomic mass is 10.1. The predicted octanol–water partition coefficient (Wildman–Crippen LogP) is 4.85. The molecule has 0 unspecified atom stereocenters. The molecule has 1 saturated heterocycles. The van der Waals surface area contributed by atoms with Crippen molar-refractivity contribution in [1.82, 2.24) is 9.88 Å². The summed E-state index contributed by atoms with van der Waals surface area (Å²) < 4.78 is 6.38. The second kappa shape index (κ2) is 9.02. The summed E-state index contributed by atoms with van der Waals surface area (Å²) in [7, 11) is 0. The number of benzene rings is 2. The molecule has 0 atom stereocenters. The normalized spacial score (nSPS) is 14.9. The molecular weight excluding hydrogens is 418 g/mol. The summed E-state index contributed by atoms with van der Waals surface area (Å²) in [6.07, 6.45) is 0. The zero-order valence-corrected chi connectivity index (χ0v) is 19.1. The van der Waals surface area contributed by atoms with Gasteiger partial charge in [-0.2, -0.15) is 0 Å². The minimum absolute atomic E-state index is 0.0285. The summed E-state index contributed by atoms with van der Waals surface area (Å²) in [4.78, 5) is 22.5. The van der Waals surface area contributed by atoms with Gasteiger partial charge < -0.3 is 4.74 Å². The SMILES string of the molecule is Cc1ccc(C(=O)N(CCN2CCOCC2)c2nc3c(C)ccc(Cl)c3s2)cc1C. The van der Waals surface area contributed by atoms with Gasteiger partial charge in [0.05, 0.1) is 28.5 Å². The topological polar surface area (TPSA) is 45.7 Å². The van der Waals surface area contributed by atoms with Crippen LogP contribution in [0.25, 0.3) is 10.2 Å². The number of morpholine rings is 1. The number of amides is 1. The largest absolute Gasteiger partial charge is 0.379 e. The molecule has 4 rings (SSSR count). The van der Waals surface area contributed by atoms with E-state index in [1.807, 2.05) is 44.2 Å². The van der Waals surface area contributed by atoms with Gasteiger partial charge >= 0.3 is 0 Å². The molecule has 30 heavy (non-hydrogen) atoms. The highest BCUT2D eigenvalue weighted by Gasteiger charge is 2.24. The van der Waals surface area contributed by atoms with Crippen LogP contribution in [-0.4, -0.2) is 55.2 Å². The van der Waals surface area contributed by atoms with Crippen LogP contribution in [0.1, 0.15) is 27.0 Å². The number of ether oxygens (including phenoxy) is 1. The van der Waals surface area contributed by atoms with E-state index in [0.29, 0.717) is 22.3 Å². The average molecular weight is 444 g/mol. The van der Waals surface area contributed by atoms with Crippen molar-refractivity contribution in [1.29, 1.82) is 0 Å². The Morgan fingerprint density at radius 3 is 2.57 bits per heavy atom. The average Bonchev–Trinajstić information content (AvgIpc) is 3.20. The zero-order chi connectivity index (χ0) is 21.3. The van der Waals surface area contributed by atoms with Crippen LogP contribution in [0, 0.1) is 20.8 Å². The van der Waals surface area contributed by atoms with Crippen LogP contribution in [0.5, 0.6) is 0 Å². The second-order valence-electron chi connectivity index (χ2n) is 7.75. The molecule has 0 N–H and O–H groups in total. The Hall–Kier alpha value is -1.99. The highest BCUT2D eigenvalue weighted by molar-refractivity contribution is 7.23. The van der Waals surface area contributed by atoms with Crippen LogP contribution in [0.2, 0.25) is 5.02 Å². The Balaban J connectivity index is 1.69. The number of carbonyl (C=O) groups excluding carboxylic acids is 1. The first-order valence-corrected chi connectivity index (χ1v) is 11.4. The summed E-state index contributed by atoms with van der Waals surface area (Å²) in [5.74, 6) is -0.0285. The van der Waals surface area contributed by atoms with Crippen molar-refractivity contribution in [2.75, 3.05) is 44.3 Å². The fourth-order valence-electron chi connectivity index (χ4n) is 3.59. The first-order valence-electron chi connectivity index (χ1n) is 10.2. The fourth-order valence-corrected chi connectivity index (χ4v) is 4.93. The molecule has 0 aliphatic carbocycles. The van der Waals surface area contributed by atoms with Gasteiger partial charge in [0, 0.05) is 31.7 Å². The van der Waals surface area contributed by atoms with Crippen molar-refractivity contribution in [3.8, 4) is 0 Å². The third kappa shape index (κ3) is 4.37. The van der Waals surface area contributed by atoms with Gasteiger partial charge in [0.15, 0.2) is 5.13 Å². The summed E-state index contributed by atoms with van der Waals surface area (Å²) in [5.41, 5.74) is 4.89. The van der Waals surface area contributed by atoms with E-state index >= 15 is 0 Å². The number of hydrogen-bond donors (Lipinski definition) is 0. The monoisotopic (exact) mass is 443 g/mol. The maximum atomic E-state index is 13.5. The maximum absolute atomic E-state index is 13.5. The van der Waals surface area contributed by atoms with Crippen LogP contribution in [0.15, 0.2) is 30.3 Å². The molecule has 5 nitrogen and oxygen atoms in total. The molecule has 1 amide bonds. The third-order valence-electron chi connectivity index (χ3n) is 5.66. The van der Waals surface area contributed by atoms with Gasteiger partial charge in [-0.3, -0.25) is 14.6 Å². The Labute approximate surface area is 186 Å². The Morgan fingerprint density at radius 1 is 1.13 bits per heavy atom. The van der Waals surface area contributed by atoms with Crippen molar-refractivity contribution in [3.05, 3.63) is 57.6 Å². The summed E-state index contributed by atoms with van der Waals surface area (Å²) in [6.45, 7) is 10.7. The number of nitrogens with zero attached hydrogens (tertiary/aromatic N) is 3. The van der Waals surface area contributed by atoms with Crippen molar-refractivity contribution >= 4 is 44.2 Å². The molecule has 0 bridgehead atoms. The van der Waals surface area contributed by atoms with Crippen molar-refractivity contribution in [3.63, 3.8) is 0 Å². The molecule has 1 aliphatic rings. The van der Waals surface area contributed by atoms with Gasteiger partial charge in [-0.05, 0) is 55.7 Å². The van der Waals surface area contributed by atoms with E-state index in [9.17, 15) is 4.79 Å². The van der Waals surface area contributed by atoms with Crippen molar-refractivity contribution in [2.45, 2.75) is 20.8 Å². The molecular formula is C23H26ClN3O2S. The number of halogens is 1. The number of anilines is 1. The van der Waals surface area contributed by atoms with Crippen LogP contribution >= 0.6 is 22.9 Å². The van der Waals surface area contributed by atoms with Gasteiger partial charge in [-0.25, -0.2) is 4.98 Å². The number of aryl methyl sites for hydroxylation is 3. The van der Waals surface area contributed by atoms with E-state index < -0.39 is 0 Å². The molecule has 2 aromatic carbocycles. The van der Waals surface area contributed by atoms with Crippen LogP contribution in [0.3, 0.4) is 0 Å². The van der Waals surface area contributed by atoms with Crippen LogP contribution in [-0.2, 0) is 4.74 Å². The first-order chi connectivity index (χ1) is 14.4. The minimum Gasteiger partial charge on any atom is -0.379 e. The van der Waals surface area contributed by atoms with E-state index in [1.165, 1.54) is 16.9 Å². The number of thiazole rings is 1. The molecule has 2 heterocycles. The summed E-state index contributed by atoms with van der Waals surface area (Å²) in [5, 5.41) is 1.36. The number of rotatable bonds is 5. The molecule has 0 radical (unpaired) electrons. The van der Waals surface area contributed by atoms with E-state index in [2.05, 4.69) is 11.8 Å². The molecule has 0 spiro atoms. The Bertz CT molecular complexity index is 1040. The van der Waals surface area contributed by atoms with Gasteiger partial charge in [-0.15, -0.1) is 0 Å². The smallest absolute Gasteiger partial charge is 0.260 e. The molecule has 7 heteroatoms. The Morgan fingerprint density at radius 2 is 1.87 bits per heavy atom. The summed E-state index contributed by atoms with van der Waals surface area (Å²) >= 11 is 7.91. The van der Waals surface area contributed by atoms with Gasteiger partial charge in [0.2, 0.25) is 0 Å². The zero-order valence-electron chi connectivity index (χ0n) is 17.6. The molecule has 1 aromatic heterocycles. The first kappa shape index (κ1) is 21.2. The molecule has 158 valence electrons. The standard InChI is InChI=1S/C23H26ClN3O2S/c1-15-4-6-18(14-17(15)3)22(28)27(9-8-26-10-12-29-13-11-26)23-25-20-16(2)5-7-19(24)21(20)30-23/h4-7,14H,8-13H2,1-3H3. The second-order valence-corrected chi connectivity index (χ2v) is 9.13. The Kier molecular flexibility index (Phi) is 6.39. The lowest BCUT2D eigenvalue weighted by Gasteiger charge is -2.29. The molecule has 0 saturated carbocycles. The molecule has 1 aliphatic heterocycles. The van der Waals surface area contributed by atoms with Crippen molar-refractivity contribution < 1.29 is 9.53 Å². The van der Waals surface area contributed by atoms with Gasteiger partial charge in [-0.1, -0.05) is 35.1 Å². The predicted molar refractivity (Wildman–Crippen MR) is 124 cm³/mol. The van der Waals surface area contributed by atoms with Crippen LogP contribution < -0.4 is 4.90 Å². The quantitative estimate of drug-likeness (QED) is 0.565. The van der Waals surface area contributed by atoms with E-state index in [0.717, 1.165) is 54.2 Å². The highest BCUT2D eigenvalue weighted by Crippen LogP contribution is 2.36. The van der Waals surface area contributed by atoms with Gasteiger partial charge in [0.1, 0.15) is 0 Å². The van der Waals surface area contributed by atoms with Crippen molar-refractivity contribution in [2.24, 2.45) is 0 Å². The number of aromatic nitrogens is 1. The van der Waals surface area contributed by atoms with E-state index in [4.69, 9.17) is 21.3 Å². The fraction of sp³-hybridized carbons (Fsp3) is 0.391. The molecule has 1 fully saturated rings. The number of fused-ring (bicyclic) bond motifs is 1. The maximum Gasteiger partial charge on any atom is 0.260 e. The highest BCUT2D eigenvalue weighted by atomic mass is 35.5. The van der Waals surface area contributed by atoms with Gasteiger partial charge in [0.25, 0.3) is 5.91 Å². The third-order valence-corrected chi connectivity index (χ3v) is 7.20.